The molecule has 1 N–H and O–H groups in total. The number of rotatable bonds is 3. The molecule has 1 amide bonds. The van der Waals surface area contributed by atoms with E-state index >= 15 is 0 Å². The first kappa shape index (κ1) is 15.8. The molecule has 0 aliphatic carbocycles. The number of amides is 1. The monoisotopic (exact) mass is 308 g/mol. The van der Waals surface area contributed by atoms with E-state index in [1.54, 1.807) is 11.3 Å². The third-order valence-electron chi connectivity index (χ3n) is 3.03. The Labute approximate surface area is 123 Å². The van der Waals surface area contributed by atoms with Crippen LogP contribution in [0.4, 0.5) is 0 Å². The van der Waals surface area contributed by atoms with Crippen molar-refractivity contribution in [2.24, 2.45) is 0 Å². The quantitative estimate of drug-likeness (QED) is 0.931. The maximum absolute atomic E-state index is 12.1. The summed E-state index contributed by atoms with van der Waals surface area (Å²) < 4.78 is 0. The molecule has 1 aliphatic heterocycles. The molecule has 2 rings (SSSR count). The number of thiophene rings is 1. The number of nitrogens with zero attached hydrogens (tertiary/aromatic N) is 1. The van der Waals surface area contributed by atoms with Gasteiger partial charge in [0.15, 0.2) is 0 Å². The molecule has 1 fully saturated rings. The first-order valence-corrected chi connectivity index (χ1v) is 7.15. The van der Waals surface area contributed by atoms with Gasteiger partial charge in [-0.3, -0.25) is 4.79 Å². The van der Waals surface area contributed by atoms with Gasteiger partial charge < -0.3 is 10.2 Å². The van der Waals surface area contributed by atoms with Crippen molar-refractivity contribution in [3.63, 3.8) is 0 Å². The molecule has 1 atom stereocenters. The number of halogens is 2. The van der Waals surface area contributed by atoms with Crippen LogP contribution in [0, 0.1) is 0 Å². The second-order valence-electron chi connectivity index (χ2n) is 4.37. The van der Waals surface area contributed by atoms with Gasteiger partial charge in [-0.1, -0.05) is 11.6 Å². The zero-order valence-corrected chi connectivity index (χ0v) is 12.7. The summed E-state index contributed by atoms with van der Waals surface area (Å²) in [6.07, 6.45) is 1.38. The Morgan fingerprint density at radius 1 is 1.67 bits per heavy atom. The van der Waals surface area contributed by atoms with Gasteiger partial charge in [0.2, 0.25) is 5.91 Å². The predicted octanol–water partition coefficient (Wildman–Crippen LogP) is 2.58. The van der Waals surface area contributed by atoms with Crippen LogP contribution in [0.25, 0.3) is 0 Å². The van der Waals surface area contributed by atoms with Crippen molar-refractivity contribution >= 4 is 41.3 Å². The van der Waals surface area contributed by atoms with E-state index in [-0.39, 0.29) is 18.3 Å². The smallest absolute Gasteiger partial charge is 0.223 e. The van der Waals surface area contributed by atoms with Crippen LogP contribution in [-0.2, 0) is 11.2 Å². The fraction of sp³-hybridized carbons (Fsp3) is 0.583. The molecular formula is C12H18Cl2N2OS. The second kappa shape index (κ2) is 7.34. The van der Waals surface area contributed by atoms with Crippen LogP contribution in [0.3, 0.4) is 0 Å². The number of hydrogen-bond acceptors (Lipinski definition) is 3. The summed E-state index contributed by atoms with van der Waals surface area (Å²) in [6, 6.07) is 2.25. The Kier molecular flexibility index (Phi) is 6.43. The average Bonchev–Trinajstić information content (AvgIpc) is 2.73. The SMILES string of the molecule is C[C@@H]1CNCCN1C(=O)CCc1cc(Cl)cs1.Cl. The van der Waals surface area contributed by atoms with Crippen LogP contribution in [0.1, 0.15) is 18.2 Å². The third-order valence-corrected chi connectivity index (χ3v) is 4.37. The summed E-state index contributed by atoms with van der Waals surface area (Å²) in [6.45, 7) is 4.72. The van der Waals surface area contributed by atoms with Crippen molar-refractivity contribution < 1.29 is 4.79 Å². The van der Waals surface area contributed by atoms with Crippen LogP contribution < -0.4 is 5.32 Å². The Balaban J connectivity index is 0.00000162. The van der Waals surface area contributed by atoms with Crippen molar-refractivity contribution in [3.8, 4) is 0 Å². The Bertz CT molecular complexity index is 397. The van der Waals surface area contributed by atoms with Gasteiger partial charge in [-0.05, 0) is 19.4 Å². The molecule has 1 saturated heterocycles. The van der Waals surface area contributed by atoms with Crippen molar-refractivity contribution in [3.05, 3.63) is 21.3 Å². The Morgan fingerprint density at radius 3 is 3.06 bits per heavy atom. The largest absolute Gasteiger partial charge is 0.337 e. The number of piperazine rings is 1. The second-order valence-corrected chi connectivity index (χ2v) is 5.80. The maximum Gasteiger partial charge on any atom is 0.223 e. The van der Waals surface area contributed by atoms with E-state index in [2.05, 4.69) is 12.2 Å². The molecule has 1 aromatic heterocycles. The van der Waals surface area contributed by atoms with Gasteiger partial charge >= 0.3 is 0 Å². The van der Waals surface area contributed by atoms with Crippen LogP contribution in [0.15, 0.2) is 11.4 Å². The summed E-state index contributed by atoms with van der Waals surface area (Å²) in [5, 5.41) is 5.97. The zero-order valence-electron chi connectivity index (χ0n) is 10.3. The summed E-state index contributed by atoms with van der Waals surface area (Å²) in [4.78, 5) is 15.2. The number of nitrogens with one attached hydrogen (secondary N) is 1. The molecule has 1 aliphatic rings. The predicted molar refractivity (Wildman–Crippen MR) is 78.9 cm³/mol. The molecule has 0 bridgehead atoms. The van der Waals surface area contributed by atoms with Gasteiger partial charge in [0, 0.05) is 42.4 Å². The van der Waals surface area contributed by atoms with Crippen molar-refractivity contribution in [2.75, 3.05) is 19.6 Å². The number of hydrogen-bond donors (Lipinski definition) is 1. The van der Waals surface area contributed by atoms with Crippen LogP contribution in [0.5, 0.6) is 0 Å². The minimum atomic E-state index is 0. The van der Waals surface area contributed by atoms with Crippen molar-refractivity contribution in [1.82, 2.24) is 10.2 Å². The van der Waals surface area contributed by atoms with E-state index in [0.717, 1.165) is 31.1 Å². The van der Waals surface area contributed by atoms with Gasteiger partial charge in [-0.25, -0.2) is 0 Å². The van der Waals surface area contributed by atoms with Gasteiger partial charge in [-0.2, -0.15) is 0 Å². The molecular weight excluding hydrogens is 291 g/mol. The number of aryl methyl sites for hydroxylation is 1. The first-order chi connectivity index (χ1) is 8.16. The number of carbonyl (C=O) groups is 1. The van der Waals surface area contributed by atoms with E-state index in [1.807, 2.05) is 16.3 Å². The highest BCUT2D eigenvalue weighted by Crippen LogP contribution is 2.20. The molecule has 1 aromatic rings. The Hall–Kier alpha value is -0.290. The molecule has 0 saturated carbocycles. The highest BCUT2D eigenvalue weighted by atomic mass is 35.5. The lowest BCUT2D eigenvalue weighted by atomic mass is 10.1. The van der Waals surface area contributed by atoms with E-state index in [1.165, 1.54) is 4.88 Å². The molecule has 102 valence electrons. The molecule has 0 spiro atoms. The third kappa shape index (κ3) is 4.12. The van der Waals surface area contributed by atoms with E-state index in [0.29, 0.717) is 12.5 Å². The summed E-state index contributed by atoms with van der Waals surface area (Å²) in [5.74, 6) is 0.253. The van der Waals surface area contributed by atoms with Gasteiger partial charge in [-0.15, -0.1) is 23.7 Å². The molecule has 0 aromatic carbocycles. The molecule has 0 unspecified atom stereocenters. The zero-order chi connectivity index (χ0) is 12.3. The van der Waals surface area contributed by atoms with E-state index in [9.17, 15) is 4.79 Å². The molecule has 18 heavy (non-hydrogen) atoms. The minimum absolute atomic E-state index is 0. The lowest BCUT2D eigenvalue weighted by Gasteiger charge is -2.34. The van der Waals surface area contributed by atoms with E-state index < -0.39 is 0 Å². The maximum atomic E-state index is 12.1. The number of carbonyl (C=O) groups excluding carboxylic acids is 1. The van der Waals surface area contributed by atoms with Gasteiger partial charge in [0.05, 0.1) is 5.02 Å². The first-order valence-electron chi connectivity index (χ1n) is 5.90. The normalized spacial score (nSPS) is 19.4. The van der Waals surface area contributed by atoms with Gasteiger partial charge in [0.1, 0.15) is 0 Å². The molecule has 3 nitrogen and oxygen atoms in total. The summed E-state index contributed by atoms with van der Waals surface area (Å²) >= 11 is 7.48. The molecule has 2 heterocycles. The Morgan fingerprint density at radius 2 is 2.44 bits per heavy atom. The summed E-state index contributed by atoms with van der Waals surface area (Å²) in [7, 11) is 0. The van der Waals surface area contributed by atoms with Crippen LogP contribution in [0.2, 0.25) is 5.02 Å². The van der Waals surface area contributed by atoms with Crippen molar-refractivity contribution in [2.45, 2.75) is 25.8 Å². The minimum Gasteiger partial charge on any atom is -0.337 e. The molecule has 0 radical (unpaired) electrons. The van der Waals surface area contributed by atoms with Crippen LogP contribution in [-0.4, -0.2) is 36.5 Å². The fourth-order valence-electron chi connectivity index (χ4n) is 2.07. The highest BCUT2D eigenvalue weighted by Gasteiger charge is 2.22. The van der Waals surface area contributed by atoms with E-state index in [4.69, 9.17) is 11.6 Å². The lowest BCUT2D eigenvalue weighted by molar-refractivity contribution is -0.133. The summed E-state index contributed by atoms with van der Waals surface area (Å²) in [5.41, 5.74) is 0. The van der Waals surface area contributed by atoms with Crippen molar-refractivity contribution in [1.29, 1.82) is 0 Å². The highest BCUT2D eigenvalue weighted by molar-refractivity contribution is 7.10. The standard InChI is InChI=1S/C12H17ClN2OS.ClH/c1-9-7-14-4-5-15(9)12(16)3-2-11-6-10(13)8-17-11;/h6,8-9,14H,2-5,7H2,1H3;1H/t9-;/m1./s1. The van der Waals surface area contributed by atoms with Crippen LogP contribution >= 0.6 is 35.3 Å². The topological polar surface area (TPSA) is 32.3 Å². The average molecular weight is 309 g/mol. The van der Waals surface area contributed by atoms with Gasteiger partial charge in [0.25, 0.3) is 0 Å². The molecule has 6 heteroatoms. The fourth-order valence-corrected chi connectivity index (χ4v) is 3.15. The lowest BCUT2D eigenvalue weighted by Crippen LogP contribution is -2.52.